The van der Waals surface area contributed by atoms with Gasteiger partial charge in [-0.05, 0) is 19.9 Å². The van der Waals surface area contributed by atoms with Gasteiger partial charge in [-0.3, -0.25) is 9.89 Å². The molecule has 2 N–H and O–H groups in total. The normalized spacial score (nSPS) is 19.2. The van der Waals surface area contributed by atoms with E-state index in [0.717, 1.165) is 19.0 Å². The highest BCUT2D eigenvalue weighted by molar-refractivity contribution is 5.79. The Morgan fingerprint density at radius 2 is 1.77 bits per heavy atom. The summed E-state index contributed by atoms with van der Waals surface area (Å²) in [6, 6.07) is 0.492. The topological polar surface area (TPSA) is 42.9 Å². The van der Waals surface area contributed by atoms with Gasteiger partial charge in [0.05, 0.1) is 0 Å². The zero-order valence-electron chi connectivity index (χ0n) is 15.2. The third-order valence-electron chi connectivity index (χ3n) is 4.48. The van der Waals surface area contributed by atoms with Crippen LogP contribution in [0.4, 0.5) is 0 Å². The first kappa shape index (κ1) is 19.2. The van der Waals surface area contributed by atoms with Crippen molar-refractivity contribution in [2.75, 3.05) is 52.9 Å². The highest BCUT2D eigenvalue weighted by Crippen LogP contribution is 2.02. The standard InChI is InChI=1S/C17H37N5/c1-5-7-8-9-16(3)20-17(18-4)19-10-11-22-14-12-21(6-2)13-15-22/h16H,5-15H2,1-4H3,(H2,18,19,20). The van der Waals surface area contributed by atoms with Gasteiger partial charge in [-0.2, -0.15) is 0 Å². The molecule has 0 aromatic heterocycles. The number of unbranched alkanes of at least 4 members (excludes halogenated alkanes) is 2. The second-order valence-corrected chi connectivity index (χ2v) is 6.32. The van der Waals surface area contributed by atoms with Gasteiger partial charge in [0.15, 0.2) is 5.96 Å². The number of nitrogens with one attached hydrogen (secondary N) is 2. The Labute approximate surface area is 137 Å². The number of piperazine rings is 1. The van der Waals surface area contributed by atoms with Crippen molar-refractivity contribution in [3.8, 4) is 0 Å². The van der Waals surface area contributed by atoms with Crippen LogP contribution in [0.1, 0.15) is 46.5 Å². The molecule has 1 aliphatic heterocycles. The summed E-state index contributed by atoms with van der Waals surface area (Å²) in [6.45, 7) is 14.8. The Bertz CT molecular complexity index is 297. The minimum atomic E-state index is 0.492. The Hall–Kier alpha value is -0.810. The molecule has 1 fully saturated rings. The van der Waals surface area contributed by atoms with Gasteiger partial charge in [0.25, 0.3) is 0 Å². The van der Waals surface area contributed by atoms with Gasteiger partial charge in [-0.25, -0.2) is 0 Å². The predicted molar refractivity (Wildman–Crippen MR) is 96.7 cm³/mol. The van der Waals surface area contributed by atoms with E-state index in [1.807, 2.05) is 7.05 Å². The predicted octanol–water partition coefficient (Wildman–Crippen LogP) is 1.76. The summed E-state index contributed by atoms with van der Waals surface area (Å²) in [6.07, 6.45) is 5.11. The molecule has 1 aliphatic rings. The number of rotatable bonds is 9. The van der Waals surface area contributed by atoms with Crippen molar-refractivity contribution in [1.82, 2.24) is 20.4 Å². The van der Waals surface area contributed by atoms with Gasteiger partial charge in [-0.15, -0.1) is 0 Å². The summed E-state index contributed by atoms with van der Waals surface area (Å²) in [5, 5.41) is 6.94. The third-order valence-corrected chi connectivity index (χ3v) is 4.48. The molecule has 1 rings (SSSR count). The summed E-state index contributed by atoms with van der Waals surface area (Å²) >= 11 is 0. The SMILES string of the molecule is CCCCCC(C)NC(=NC)NCCN1CCN(CC)CC1. The third kappa shape index (κ3) is 7.99. The van der Waals surface area contributed by atoms with E-state index in [9.17, 15) is 0 Å². The summed E-state index contributed by atoms with van der Waals surface area (Å²) in [5.74, 6) is 0.941. The van der Waals surface area contributed by atoms with Crippen LogP contribution in [-0.4, -0.2) is 74.7 Å². The molecule has 5 nitrogen and oxygen atoms in total. The average molecular weight is 312 g/mol. The number of guanidine groups is 1. The Kier molecular flexibility index (Phi) is 10.2. The maximum Gasteiger partial charge on any atom is 0.191 e. The smallest absolute Gasteiger partial charge is 0.191 e. The van der Waals surface area contributed by atoms with E-state index in [1.54, 1.807) is 0 Å². The minimum Gasteiger partial charge on any atom is -0.355 e. The quantitative estimate of drug-likeness (QED) is 0.387. The van der Waals surface area contributed by atoms with Gasteiger partial charge < -0.3 is 15.5 Å². The largest absolute Gasteiger partial charge is 0.355 e. The van der Waals surface area contributed by atoms with Crippen LogP contribution >= 0.6 is 0 Å². The van der Waals surface area contributed by atoms with E-state index in [-0.39, 0.29) is 0 Å². The lowest BCUT2D eigenvalue weighted by Crippen LogP contribution is -2.49. The number of hydrogen-bond acceptors (Lipinski definition) is 3. The van der Waals surface area contributed by atoms with Gasteiger partial charge in [0.1, 0.15) is 0 Å². The molecule has 0 amide bonds. The molecule has 0 spiro atoms. The van der Waals surface area contributed by atoms with Crippen LogP contribution in [-0.2, 0) is 0 Å². The lowest BCUT2D eigenvalue weighted by atomic mass is 10.1. The van der Waals surface area contributed by atoms with Crippen molar-refractivity contribution < 1.29 is 0 Å². The fraction of sp³-hybridized carbons (Fsp3) is 0.941. The van der Waals surface area contributed by atoms with Gasteiger partial charge >= 0.3 is 0 Å². The van der Waals surface area contributed by atoms with Crippen molar-refractivity contribution in [2.45, 2.75) is 52.5 Å². The molecule has 0 saturated carbocycles. The molecular weight excluding hydrogens is 274 g/mol. The van der Waals surface area contributed by atoms with Crippen LogP contribution < -0.4 is 10.6 Å². The first-order chi connectivity index (χ1) is 10.7. The van der Waals surface area contributed by atoms with Gasteiger partial charge in [-0.1, -0.05) is 33.1 Å². The second kappa shape index (κ2) is 11.7. The van der Waals surface area contributed by atoms with Gasteiger partial charge in [0.2, 0.25) is 0 Å². The first-order valence-electron chi connectivity index (χ1n) is 9.11. The highest BCUT2D eigenvalue weighted by Gasteiger charge is 2.14. The minimum absolute atomic E-state index is 0.492. The van der Waals surface area contributed by atoms with E-state index >= 15 is 0 Å². The van der Waals surface area contributed by atoms with Crippen LogP contribution in [0, 0.1) is 0 Å². The molecule has 1 saturated heterocycles. The van der Waals surface area contributed by atoms with Crippen molar-refractivity contribution in [1.29, 1.82) is 0 Å². The molecule has 1 atom stereocenters. The molecule has 0 radical (unpaired) electrons. The maximum absolute atomic E-state index is 4.33. The molecule has 0 bridgehead atoms. The fourth-order valence-corrected chi connectivity index (χ4v) is 2.86. The first-order valence-corrected chi connectivity index (χ1v) is 9.11. The molecule has 130 valence electrons. The van der Waals surface area contributed by atoms with E-state index in [0.29, 0.717) is 6.04 Å². The van der Waals surface area contributed by atoms with E-state index in [4.69, 9.17) is 0 Å². The molecule has 0 aromatic carbocycles. The van der Waals surface area contributed by atoms with Crippen molar-refractivity contribution in [2.24, 2.45) is 4.99 Å². The summed E-state index contributed by atoms with van der Waals surface area (Å²) in [7, 11) is 1.86. The van der Waals surface area contributed by atoms with Crippen LogP contribution in [0.15, 0.2) is 4.99 Å². The van der Waals surface area contributed by atoms with Crippen molar-refractivity contribution in [3.63, 3.8) is 0 Å². The summed E-state index contributed by atoms with van der Waals surface area (Å²) in [4.78, 5) is 9.39. The molecule has 1 heterocycles. The van der Waals surface area contributed by atoms with Crippen LogP contribution in [0.25, 0.3) is 0 Å². The van der Waals surface area contributed by atoms with Crippen LogP contribution in [0.5, 0.6) is 0 Å². The zero-order chi connectivity index (χ0) is 16.2. The van der Waals surface area contributed by atoms with E-state index in [1.165, 1.54) is 58.4 Å². The highest BCUT2D eigenvalue weighted by atomic mass is 15.3. The van der Waals surface area contributed by atoms with Crippen molar-refractivity contribution >= 4 is 5.96 Å². The van der Waals surface area contributed by atoms with Gasteiger partial charge in [0, 0.05) is 52.4 Å². The molecule has 0 aromatic rings. The molecule has 22 heavy (non-hydrogen) atoms. The number of likely N-dealkylation sites (N-methyl/N-ethyl adjacent to an activating group) is 1. The van der Waals surface area contributed by atoms with E-state index < -0.39 is 0 Å². The zero-order valence-corrected chi connectivity index (χ0v) is 15.2. The molecule has 5 heteroatoms. The lowest BCUT2D eigenvalue weighted by molar-refractivity contribution is 0.139. The monoisotopic (exact) mass is 311 g/mol. The molecule has 0 aliphatic carbocycles. The molecular formula is C17H37N5. The Morgan fingerprint density at radius 3 is 2.36 bits per heavy atom. The van der Waals surface area contributed by atoms with E-state index in [2.05, 4.69) is 46.2 Å². The number of aliphatic imine (C=N–C) groups is 1. The van der Waals surface area contributed by atoms with Crippen LogP contribution in [0.2, 0.25) is 0 Å². The van der Waals surface area contributed by atoms with Crippen molar-refractivity contribution in [3.05, 3.63) is 0 Å². The summed E-state index contributed by atoms with van der Waals surface area (Å²) in [5.41, 5.74) is 0. The second-order valence-electron chi connectivity index (χ2n) is 6.32. The Balaban J connectivity index is 2.13. The fourth-order valence-electron chi connectivity index (χ4n) is 2.86. The molecule has 1 unspecified atom stereocenters. The number of hydrogen-bond donors (Lipinski definition) is 2. The lowest BCUT2D eigenvalue weighted by Gasteiger charge is -2.34. The van der Waals surface area contributed by atoms with Crippen LogP contribution in [0.3, 0.4) is 0 Å². The number of nitrogens with zero attached hydrogens (tertiary/aromatic N) is 3. The average Bonchev–Trinajstić information content (AvgIpc) is 2.54. The summed E-state index contributed by atoms with van der Waals surface area (Å²) < 4.78 is 0. The maximum atomic E-state index is 4.33. The Morgan fingerprint density at radius 1 is 1.09 bits per heavy atom.